The molecule has 0 radical (unpaired) electrons. The summed E-state index contributed by atoms with van der Waals surface area (Å²) in [6, 6.07) is 9.28. The van der Waals surface area contributed by atoms with E-state index in [9.17, 15) is 18.0 Å². The second-order valence-corrected chi connectivity index (χ2v) is 10.9. The first-order valence-corrected chi connectivity index (χ1v) is 13.5. The van der Waals surface area contributed by atoms with E-state index in [1.165, 1.54) is 11.3 Å². The van der Waals surface area contributed by atoms with Crippen LogP contribution < -0.4 is 5.32 Å². The van der Waals surface area contributed by atoms with Gasteiger partial charge in [-0.3, -0.25) is 4.79 Å². The third kappa shape index (κ3) is 5.53. The van der Waals surface area contributed by atoms with E-state index < -0.39 is 32.7 Å². The zero-order valence-electron chi connectivity index (χ0n) is 18.7. The zero-order chi connectivity index (χ0) is 24.1. The maximum absolute atomic E-state index is 12.7. The SMILES string of the molecule is CCOC(=O)c1c(NC(=O)CS(=O)(=O)c2nnc(Cc3ccccc3)o2)sc2c1CCCCC2. The lowest BCUT2D eigenvalue weighted by Gasteiger charge is -2.08. The number of anilines is 1. The van der Waals surface area contributed by atoms with E-state index in [1.807, 2.05) is 30.3 Å². The van der Waals surface area contributed by atoms with Crippen LogP contribution >= 0.6 is 11.3 Å². The van der Waals surface area contributed by atoms with Gasteiger partial charge in [0.1, 0.15) is 10.8 Å². The van der Waals surface area contributed by atoms with Crippen LogP contribution in [0.4, 0.5) is 5.00 Å². The van der Waals surface area contributed by atoms with Crippen molar-refractivity contribution in [3.05, 3.63) is 57.8 Å². The van der Waals surface area contributed by atoms with Gasteiger partial charge >= 0.3 is 11.2 Å². The molecule has 2 heterocycles. The quantitative estimate of drug-likeness (QED) is 0.365. The average molecular weight is 504 g/mol. The smallest absolute Gasteiger partial charge is 0.341 e. The van der Waals surface area contributed by atoms with E-state index in [4.69, 9.17) is 9.15 Å². The van der Waals surface area contributed by atoms with Crippen LogP contribution in [-0.2, 0) is 38.6 Å². The fraction of sp³-hybridized carbons (Fsp3) is 0.391. The molecule has 0 saturated heterocycles. The molecule has 11 heteroatoms. The summed E-state index contributed by atoms with van der Waals surface area (Å²) in [4.78, 5) is 26.3. The number of fused-ring (bicyclic) bond motifs is 1. The number of carbonyl (C=O) groups is 2. The van der Waals surface area contributed by atoms with Gasteiger partial charge in [-0.1, -0.05) is 41.9 Å². The number of aryl methyl sites for hydroxylation is 1. The van der Waals surface area contributed by atoms with Gasteiger partial charge in [0.15, 0.2) is 0 Å². The Kier molecular flexibility index (Phi) is 7.42. The van der Waals surface area contributed by atoms with Crippen LogP contribution in [0, 0.1) is 0 Å². The highest BCUT2D eigenvalue weighted by molar-refractivity contribution is 7.91. The normalized spacial score (nSPS) is 13.7. The molecule has 180 valence electrons. The van der Waals surface area contributed by atoms with E-state index in [-0.39, 0.29) is 18.9 Å². The van der Waals surface area contributed by atoms with Gasteiger partial charge in [-0.25, -0.2) is 13.2 Å². The third-order valence-corrected chi connectivity index (χ3v) is 7.93. The number of nitrogens with one attached hydrogen (secondary N) is 1. The summed E-state index contributed by atoms with van der Waals surface area (Å²) in [5.74, 6) is -2.05. The first kappa shape index (κ1) is 24.1. The van der Waals surface area contributed by atoms with Gasteiger partial charge in [-0.2, -0.15) is 0 Å². The molecule has 9 nitrogen and oxygen atoms in total. The number of esters is 1. The predicted octanol–water partition coefficient (Wildman–Crippen LogP) is 3.58. The number of benzene rings is 1. The average Bonchev–Trinajstić information content (AvgIpc) is 3.33. The topological polar surface area (TPSA) is 128 Å². The van der Waals surface area contributed by atoms with E-state index in [0.29, 0.717) is 10.6 Å². The summed E-state index contributed by atoms with van der Waals surface area (Å²) in [7, 11) is -4.17. The predicted molar refractivity (Wildman–Crippen MR) is 126 cm³/mol. The molecule has 0 atom stereocenters. The lowest BCUT2D eigenvalue weighted by molar-refractivity contribution is -0.113. The summed E-state index contributed by atoms with van der Waals surface area (Å²) in [6.45, 7) is 1.91. The Morgan fingerprint density at radius 1 is 1.12 bits per heavy atom. The number of nitrogens with zero attached hydrogens (tertiary/aromatic N) is 2. The maximum Gasteiger partial charge on any atom is 0.341 e. The molecule has 1 aliphatic rings. The van der Waals surface area contributed by atoms with Crippen LogP contribution in [0.5, 0.6) is 0 Å². The molecule has 0 fully saturated rings. The number of thiophene rings is 1. The molecule has 1 aromatic carbocycles. The van der Waals surface area contributed by atoms with Crippen molar-refractivity contribution < 1.29 is 27.2 Å². The van der Waals surface area contributed by atoms with Crippen LogP contribution in [0.2, 0.25) is 0 Å². The summed E-state index contributed by atoms with van der Waals surface area (Å²) >= 11 is 1.31. The summed E-state index contributed by atoms with van der Waals surface area (Å²) in [5.41, 5.74) is 2.11. The number of rotatable bonds is 8. The van der Waals surface area contributed by atoms with Gasteiger partial charge in [-0.15, -0.1) is 16.4 Å². The van der Waals surface area contributed by atoms with Crippen molar-refractivity contribution in [2.75, 3.05) is 17.7 Å². The minimum Gasteiger partial charge on any atom is -0.462 e. The van der Waals surface area contributed by atoms with Crippen LogP contribution in [0.25, 0.3) is 0 Å². The van der Waals surface area contributed by atoms with Gasteiger partial charge in [0.2, 0.25) is 21.6 Å². The lowest BCUT2D eigenvalue weighted by Crippen LogP contribution is -2.24. The minimum atomic E-state index is -4.17. The van der Waals surface area contributed by atoms with Crippen molar-refractivity contribution in [1.82, 2.24) is 10.2 Å². The summed E-state index contributed by atoms with van der Waals surface area (Å²) < 4.78 is 35.9. The number of aromatic nitrogens is 2. The number of sulfone groups is 1. The molecule has 34 heavy (non-hydrogen) atoms. The van der Waals surface area contributed by atoms with Crippen molar-refractivity contribution in [1.29, 1.82) is 0 Å². The van der Waals surface area contributed by atoms with Crippen LogP contribution in [-0.4, -0.2) is 42.9 Å². The molecule has 0 spiro atoms. The molecule has 1 amide bonds. The Labute approximate surface area is 201 Å². The molecule has 1 aliphatic carbocycles. The molecule has 1 N–H and O–H groups in total. The molecular weight excluding hydrogens is 478 g/mol. The Hall–Kier alpha value is -3.05. The second-order valence-electron chi connectivity index (χ2n) is 7.92. The Balaban J connectivity index is 1.49. The summed E-state index contributed by atoms with van der Waals surface area (Å²) in [6.07, 6.45) is 4.83. The Morgan fingerprint density at radius 3 is 2.65 bits per heavy atom. The molecule has 3 aromatic rings. The molecule has 0 unspecified atom stereocenters. The van der Waals surface area contributed by atoms with Gasteiger partial charge in [0, 0.05) is 4.88 Å². The van der Waals surface area contributed by atoms with Crippen LogP contribution in [0.1, 0.15) is 58.4 Å². The standard InChI is InChI=1S/C23H25N3O6S2/c1-2-31-22(28)20-16-11-7-4-8-12-17(16)33-21(20)24-18(27)14-34(29,30)23-26-25-19(32-23)13-15-9-5-3-6-10-15/h3,5-6,9-10H,2,4,7-8,11-14H2,1H3,(H,24,27). The van der Waals surface area contributed by atoms with Crippen molar-refractivity contribution in [3.63, 3.8) is 0 Å². The molecule has 0 aliphatic heterocycles. The molecule has 4 rings (SSSR count). The number of hydrogen-bond acceptors (Lipinski definition) is 9. The van der Waals surface area contributed by atoms with Crippen LogP contribution in [0.15, 0.2) is 40.0 Å². The summed E-state index contributed by atoms with van der Waals surface area (Å²) in [5, 5.41) is 9.73. The number of amides is 1. The van der Waals surface area contributed by atoms with Crippen molar-refractivity contribution in [2.45, 2.75) is 50.7 Å². The van der Waals surface area contributed by atoms with E-state index in [1.54, 1.807) is 6.92 Å². The van der Waals surface area contributed by atoms with Crippen molar-refractivity contribution in [2.24, 2.45) is 0 Å². The van der Waals surface area contributed by atoms with Gasteiger partial charge in [0.05, 0.1) is 18.6 Å². The van der Waals surface area contributed by atoms with Gasteiger partial charge in [-0.05, 0) is 43.7 Å². The number of hydrogen-bond donors (Lipinski definition) is 1. The molecule has 0 bridgehead atoms. The van der Waals surface area contributed by atoms with E-state index in [2.05, 4.69) is 15.5 Å². The van der Waals surface area contributed by atoms with Crippen molar-refractivity contribution >= 4 is 38.1 Å². The monoisotopic (exact) mass is 503 g/mol. The highest BCUT2D eigenvalue weighted by Crippen LogP contribution is 2.38. The lowest BCUT2D eigenvalue weighted by atomic mass is 10.1. The largest absolute Gasteiger partial charge is 0.462 e. The first-order chi connectivity index (χ1) is 16.4. The molecule has 2 aromatic heterocycles. The van der Waals surface area contributed by atoms with Gasteiger partial charge < -0.3 is 14.5 Å². The minimum absolute atomic E-state index is 0.136. The van der Waals surface area contributed by atoms with E-state index >= 15 is 0 Å². The third-order valence-electron chi connectivity index (χ3n) is 5.39. The Morgan fingerprint density at radius 2 is 1.88 bits per heavy atom. The van der Waals surface area contributed by atoms with Crippen LogP contribution in [0.3, 0.4) is 0 Å². The second kappa shape index (κ2) is 10.5. The number of ether oxygens (including phenoxy) is 1. The first-order valence-electron chi connectivity index (χ1n) is 11.1. The molecular formula is C23H25N3O6S2. The zero-order valence-corrected chi connectivity index (χ0v) is 20.3. The van der Waals surface area contributed by atoms with E-state index in [0.717, 1.165) is 48.1 Å². The van der Waals surface area contributed by atoms with Gasteiger partial charge in [0.25, 0.3) is 0 Å². The molecule has 0 saturated carbocycles. The van der Waals surface area contributed by atoms with Crippen molar-refractivity contribution in [3.8, 4) is 0 Å². The maximum atomic E-state index is 12.7. The highest BCUT2D eigenvalue weighted by Gasteiger charge is 2.30. The fourth-order valence-electron chi connectivity index (χ4n) is 3.85. The highest BCUT2D eigenvalue weighted by atomic mass is 32.2. The fourth-order valence-corrected chi connectivity index (χ4v) is 6.08. The Bertz CT molecular complexity index is 1280. The number of carbonyl (C=O) groups excluding carboxylic acids is 2.